The molecule has 1 saturated heterocycles. The highest BCUT2D eigenvalue weighted by Gasteiger charge is 2.28. The van der Waals surface area contributed by atoms with E-state index in [0.29, 0.717) is 31.7 Å². The van der Waals surface area contributed by atoms with Crippen molar-refractivity contribution in [3.63, 3.8) is 0 Å². The first-order valence-electron chi connectivity index (χ1n) is 9.33. The summed E-state index contributed by atoms with van der Waals surface area (Å²) < 4.78 is 1.97. The van der Waals surface area contributed by atoms with Gasteiger partial charge in [-0.25, -0.2) is 0 Å². The first-order valence-corrected chi connectivity index (χ1v) is 9.33. The number of aromatic nitrogens is 2. The summed E-state index contributed by atoms with van der Waals surface area (Å²) >= 11 is 0. The van der Waals surface area contributed by atoms with Gasteiger partial charge in [0.2, 0.25) is 0 Å². The third-order valence-corrected chi connectivity index (χ3v) is 5.37. The predicted molar refractivity (Wildman–Crippen MR) is 98.2 cm³/mol. The molecule has 136 valence electrons. The first kappa shape index (κ1) is 16.8. The maximum absolute atomic E-state index is 12.9. The summed E-state index contributed by atoms with van der Waals surface area (Å²) in [7, 11) is 0. The fraction of sp³-hybridized carbons (Fsp3) is 0.450. The van der Waals surface area contributed by atoms with Gasteiger partial charge in [-0.05, 0) is 38.3 Å². The van der Waals surface area contributed by atoms with Crippen LogP contribution in [0.5, 0.6) is 0 Å². The van der Waals surface area contributed by atoms with Crippen molar-refractivity contribution in [3.8, 4) is 0 Å². The number of carbonyl (C=O) groups excluding carboxylic acids is 2. The lowest BCUT2D eigenvalue weighted by Crippen LogP contribution is -2.50. The highest BCUT2D eigenvalue weighted by atomic mass is 16.2. The molecular weight excluding hydrogens is 328 g/mol. The number of aryl methyl sites for hydroxylation is 2. The van der Waals surface area contributed by atoms with Crippen molar-refractivity contribution in [1.82, 2.24) is 19.6 Å². The highest BCUT2D eigenvalue weighted by molar-refractivity contribution is 5.96. The molecule has 6 nitrogen and oxygen atoms in total. The van der Waals surface area contributed by atoms with Crippen LogP contribution in [0, 0.1) is 6.92 Å². The second-order valence-corrected chi connectivity index (χ2v) is 7.14. The number of hydrogen-bond donors (Lipinski definition) is 0. The van der Waals surface area contributed by atoms with E-state index < -0.39 is 0 Å². The van der Waals surface area contributed by atoms with Crippen molar-refractivity contribution in [3.05, 3.63) is 52.8 Å². The van der Waals surface area contributed by atoms with Gasteiger partial charge in [0, 0.05) is 38.3 Å². The van der Waals surface area contributed by atoms with E-state index in [9.17, 15) is 9.59 Å². The Labute approximate surface area is 153 Å². The summed E-state index contributed by atoms with van der Waals surface area (Å²) in [5, 5.41) is 4.37. The minimum atomic E-state index is 0.0417. The second-order valence-electron chi connectivity index (χ2n) is 7.14. The number of benzene rings is 1. The summed E-state index contributed by atoms with van der Waals surface area (Å²) in [5.41, 5.74) is 3.66. The molecule has 2 aliphatic heterocycles. The third kappa shape index (κ3) is 3.11. The molecule has 0 radical (unpaired) electrons. The molecule has 2 amide bonds. The number of rotatable bonds is 2. The Morgan fingerprint density at radius 1 is 0.885 bits per heavy atom. The molecular formula is C20H24N4O2. The lowest BCUT2D eigenvalue weighted by atomic mass is 10.1. The summed E-state index contributed by atoms with van der Waals surface area (Å²) in [6.07, 6.45) is 4.88. The van der Waals surface area contributed by atoms with Crippen LogP contribution in [0.1, 0.15) is 44.8 Å². The van der Waals surface area contributed by atoms with Crippen LogP contribution >= 0.6 is 0 Å². The normalized spacial score (nSPS) is 17.1. The first-order chi connectivity index (χ1) is 12.6. The van der Waals surface area contributed by atoms with E-state index in [1.165, 1.54) is 0 Å². The molecule has 1 fully saturated rings. The lowest BCUT2D eigenvalue weighted by molar-refractivity contribution is 0.0534. The van der Waals surface area contributed by atoms with Crippen LogP contribution in [0.15, 0.2) is 30.5 Å². The summed E-state index contributed by atoms with van der Waals surface area (Å²) in [4.78, 5) is 29.2. The Bertz CT molecular complexity index is 817. The predicted octanol–water partition coefficient (Wildman–Crippen LogP) is 2.13. The smallest absolute Gasteiger partial charge is 0.257 e. The van der Waals surface area contributed by atoms with Gasteiger partial charge in [-0.15, -0.1) is 0 Å². The van der Waals surface area contributed by atoms with Crippen LogP contribution < -0.4 is 0 Å². The van der Waals surface area contributed by atoms with E-state index in [0.717, 1.165) is 42.6 Å². The van der Waals surface area contributed by atoms with Crippen molar-refractivity contribution < 1.29 is 9.59 Å². The van der Waals surface area contributed by atoms with Crippen molar-refractivity contribution >= 4 is 11.8 Å². The molecule has 0 spiro atoms. The van der Waals surface area contributed by atoms with Gasteiger partial charge in [-0.2, -0.15) is 5.10 Å². The zero-order chi connectivity index (χ0) is 18.1. The molecule has 6 heteroatoms. The molecule has 0 unspecified atom stereocenters. The Kier molecular flexibility index (Phi) is 4.49. The van der Waals surface area contributed by atoms with Crippen molar-refractivity contribution in [2.45, 2.75) is 32.7 Å². The molecule has 0 N–H and O–H groups in total. The summed E-state index contributed by atoms with van der Waals surface area (Å²) in [5.74, 6) is 0.0931. The van der Waals surface area contributed by atoms with E-state index >= 15 is 0 Å². The number of piperazine rings is 1. The van der Waals surface area contributed by atoms with Crippen molar-refractivity contribution in [2.75, 3.05) is 26.2 Å². The van der Waals surface area contributed by atoms with E-state index in [2.05, 4.69) is 5.10 Å². The van der Waals surface area contributed by atoms with Gasteiger partial charge in [-0.3, -0.25) is 14.3 Å². The van der Waals surface area contributed by atoms with Gasteiger partial charge in [-0.1, -0.05) is 17.7 Å². The average molecular weight is 352 g/mol. The molecule has 0 bridgehead atoms. The number of hydrogen-bond acceptors (Lipinski definition) is 3. The van der Waals surface area contributed by atoms with Crippen molar-refractivity contribution in [1.29, 1.82) is 0 Å². The van der Waals surface area contributed by atoms with Crippen LogP contribution in [0.25, 0.3) is 0 Å². The Hall–Kier alpha value is -2.63. The molecule has 2 aliphatic rings. The molecule has 1 aromatic heterocycles. The molecule has 26 heavy (non-hydrogen) atoms. The van der Waals surface area contributed by atoms with Crippen LogP contribution in [0.4, 0.5) is 0 Å². The minimum Gasteiger partial charge on any atom is -0.335 e. The van der Waals surface area contributed by atoms with Gasteiger partial charge in [0.1, 0.15) is 0 Å². The van der Waals surface area contributed by atoms with E-state index in [-0.39, 0.29) is 11.8 Å². The number of amides is 2. The fourth-order valence-corrected chi connectivity index (χ4v) is 3.76. The number of nitrogens with zero attached hydrogens (tertiary/aromatic N) is 4. The molecule has 4 rings (SSSR count). The number of fused-ring (bicyclic) bond motifs is 1. The maximum atomic E-state index is 12.9. The van der Waals surface area contributed by atoms with E-state index in [1.807, 2.05) is 45.7 Å². The quantitative estimate of drug-likeness (QED) is 0.832. The Morgan fingerprint density at radius 3 is 2.23 bits per heavy atom. The standard InChI is InChI=1S/C20H24N4O2/c1-15-5-7-16(8-6-15)19(25)22-10-12-23(13-11-22)20(26)17-14-21-24-9-3-2-4-18(17)24/h5-8,14H,2-4,9-13H2,1H3. The van der Waals surface area contributed by atoms with Gasteiger partial charge >= 0.3 is 0 Å². The van der Waals surface area contributed by atoms with Crippen molar-refractivity contribution in [2.24, 2.45) is 0 Å². The molecule has 1 aromatic carbocycles. The monoisotopic (exact) mass is 352 g/mol. The van der Waals surface area contributed by atoms with E-state index in [4.69, 9.17) is 0 Å². The number of carbonyl (C=O) groups is 2. The van der Waals surface area contributed by atoms with Gasteiger partial charge in [0.15, 0.2) is 0 Å². The highest BCUT2D eigenvalue weighted by Crippen LogP contribution is 2.20. The third-order valence-electron chi connectivity index (χ3n) is 5.37. The van der Waals surface area contributed by atoms with E-state index in [1.54, 1.807) is 6.20 Å². The van der Waals surface area contributed by atoms with Gasteiger partial charge in [0.05, 0.1) is 17.5 Å². The SMILES string of the molecule is Cc1ccc(C(=O)N2CCN(C(=O)c3cnn4c3CCCC4)CC2)cc1. The zero-order valence-electron chi connectivity index (χ0n) is 15.1. The Morgan fingerprint density at radius 2 is 1.54 bits per heavy atom. The van der Waals surface area contributed by atoms with Crippen LogP contribution in [0.3, 0.4) is 0 Å². The molecule has 0 atom stereocenters. The van der Waals surface area contributed by atoms with Crippen LogP contribution in [-0.4, -0.2) is 57.6 Å². The zero-order valence-corrected chi connectivity index (χ0v) is 15.1. The van der Waals surface area contributed by atoms with Gasteiger partial charge < -0.3 is 9.80 Å². The fourth-order valence-electron chi connectivity index (χ4n) is 3.76. The van der Waals surface area contributed by atoms with Crippen LogP contribution in [-0.2, 0) is 13.0 Å². The van der Waals surface area contributed by atoms with Gasteiger partial charge in [0.25, 0.3) is 11.8 Å². The summed E-state index contributed by atoms with van der Waals surface area (Å²) in [6.45, 7) is 5.20. The lowest BCUT2D eigenvalue weighted by Gasteiger charge is -2.35. The largest absolute Gasteiger partial charge is 0.335 e. The Balaban J connectivity index is 1.40. The molecule has 3 heterocycles. The summed E-state index contributed by atoms with van der Waals surface area (Å²) in [6, 6.07) is 7.65. The molecule has 2 aromatic rings. The maximum Gasteiger partial charge on any atom is 0.257 e. The van der Waals surface area contributed by atoms with Crippen LogP contribution in [0.2, 0.25) is 0 Å². The molecule has 0 saturated carbocycles. The minimum absolute atomic E-state index is 0.0417. The topological polar surface area (TPSA) is 58.4 Å². The average Bonchev–Trinajstić information content (AvgIpc) is 3.12. The second kappa shape index (κ2) is 6.94. The molecule has 0 aliphatic carbocycles.